The molecule has 1 atom stereocenters. The van der Waals surface area contributed by atoms with Gasteiger partial charge in [0, 0.05) is 4.88 Å². The third-order valence-electron chi connectivity index (χ3n) is 4.78. The van der Waals surface area contributed by atoms with Gasteiger partial charge in [-0.3, -0.25) is 4.79 Å². The van der Waals surface area contributed by atoms with E-state index in [1.165, 1.54) is 13.8 Å². The molecule has 0 radical (unpaired) electrons. The number of nitrogens with zero attached hydrogens (tertiary/aromatic N) is 2. The molecule has 1 aromatic carbocycles. The molecule has 0 aliphatic rings. The second-order valence-corrected chi connectivity index (χ2v) is 11.6. The lowest BCUT2D eigenvalue weighted by molar-refractivity contribution is -0.117. The summed E-state index contributed by atoms with van der Waals surface area (Å²) in [5.41, 5.74) is 1.55. The molecule has 0 aliphatic heterocycles. The van der Waals surface area contributed by atoms with Gasteiger partial charge in [0.25, 0.3) is 5.91 Å². The van der Waals surface area contributed by atoms with Gasteiger partial charge in [0.05, 0.1) is 23.7 Å². The minimum absolute atomic E-state index is 0.0416. The predicted octanol–water partition coefficient (Wildman–Crippen LogP) is 4.70. The van der Waals surface area contributed by atoms with Crippen LogP contribution in [0.25, 0.3) is 0 Å². The van der Waals surface area contributed by atoms with Crippen molar-refractivity contribution in [1.29, 1.82) is 5.26 Å². The van der Waals surface area contributed by atoms with Crippen molar-refractivity contribution in [2.45, 2.75) is 69.6 Å². The van der Waals surface area contributed by atoms with Crippen molar-refractivity contribution in [3.63, 3.8) is 0 Å². The van der Waals surface area contributed by atoms with Gasteiger partial charge in [0.1, 0.15) is 0 Å². The Morgan fingerprint density at radius 2 is 1.77 bits per heavy atom. The third-order valence-corrected chi connectivity index (χ3v) is 8.17. The zero-order chi connectivity index (χ0) is 23.7. The largest absolute Gasteiger partial charge is 0.385 e. The highest BCUT2D eigenvalue weighted by Crippen LogP contribution is 2.34. The summed E-state index contributed by atoms with van der Waals surface area (Å²) in [5.74, 6) is -1.52. The lowest BCUT2D eigenvalue weighted by atomic mass is 9.85. The maximum absolute atomic E-state index is 14.4. The zero-order valence-electron chi connectivity index (χ0n) is 18.5. The molecule has 0 saturated carbocycles. The average molecular weight is 466 g/mol. The van der Waals surface area contributed by atoms with E-state index in [0.29, 0.717) is 5.56 Å². The fourth-order valence-corrected chi connectivity index (χ4v) is 5.66. The summed E-state index contributed by atoms with van der Waals surface area (Å²) < 4.78 is 30.6. The first-order valence-corrected chi connectivity index (χ1v) is 12.2. The molecule has 2 aromatic rings. The fraction of sp³-hybridized carbons (Fsp3) is 0.455. The molecule has 168 valence electrons. The SMILES string of the molecule is CC(C)c1cc(C#N)cc(C(C)C)c1CC(=O)N=S(N)(=O)c1sc(C(C)(C)O)cc1F. The van der Waals surface area contributed by atoms with Crippen molar-refractivity contribution < 1.29 is 18.5 Å². The Morgan fingerprint density at radius 3 is 2.16 bits per heavy atom. The second-order valence-electron chi connectivity index (χ2n) is 8.59. The van der Waals surface area contributed by atoms with Gasteiger partial charge in [-0.05, 0) is 60.6 Å². The maximum atomic E-state index is 14.4. The molecule has 9 heteroatoms. The number of benzene rings is 1. The summed E-state index contributed by atoms with van der Waals surface area (Å²) in [6.45, 7) is 10.8. The maximum Gasteiger partial charge on any atom is 0.259 e. The van der Waals surface area contributed by atoms with Crippen LogP contribution in [0.3, 0.4) is 0 Å². The van der Waals surface area contributed by atoms with Crippen LogP contribution in [0, 0.1) is 17.1 Å². The Morgan fingerprint density at radius 1 is 1.26 bits per heavy atom. The molecule has 1 unspecified atom stereocenters. The van der Waals surface area contributed by atoms with E-state index in [1.54, 1.807) is 12.1 Å². The highest BCUT2D eigenvalue weighted by Gasteiger charge is 2.26. The summed E-state index contributed by atoms with van der Waals surface area (Å²) in [4.78, 5) is 13.0. The lowest BCUT2D eigenvalue weighted by Gasteiger charge is -2.19. The number of carbonyl (C=O) groups is 1. The number of hydrogen-bond acceptors (Lipinski definition) is 5. The Labute approximate surface area is 187 Å². The standard InChI is InChI=1S/C22H28FN3O3S2/c1-12(2)15-7-14(11-24)8-16(13(3)4)17(15)9-20(27)26-31(25,29)21-18(23)10-19(30-21)22(5,6)28/h7-8,10,12-13,28H,9H2,1-6H3,(H2,25,26,27,29). The van der Waals surface area contributed by atoms with Crippen LogP contribution in [0.2, 0.25) is 0 Å². The van der Waals surface area contributed by atoms with E-state index in [1.807, 2.05) is 27.7 Å². The van der Waals surface area contributed by atoms with Crippen molar-refractivity contribution in [1.82, 2.24) is 0 Å². The topological polar surface area (TPSA) is 117 Å². The number of halogens is 1. The van der Waals surface area contributed by atoms with Crippen molar-refractivity contribution in [3.8, 4) is 6.07 Å². The van der Waals surface area contributed by atoms with Crippen molar-refractivity contribution in [2.75, 3.05) is 0 Å². The Kier molecular flexibility index (Phi) is 7.43. The normalized spacial score (nSPS) is 13.9. The summed E-state index contributed by atoms with van der Waals surface area (Å²) >= 11 is 0.735. The van der Waals surface area contributed by atoms with Crippen LogP contribution in [-0.2, 0) is 26.7 Å². The molecule has 0 saturated heterocycles. The lowest BCUT2D eigenvalue weighted by Crippen LogP contribution is -2.17. The smallest absolute Gasteiger partial charge is 0.259 e. The third kappa shape index (κ3) is 5.77. The Hall–Kier alpha value is -2.12. The molecule has 2 rings (SSSR count). The quantitative estimate of drug-likeness (QED) is 0.643. The van der Waals surface area contributed by atoms with Gasteiger partial charge in [0.15, 0.2) is 19.9 Å². The van der Waals surface area contributed by atoms with E-state index in [0.717, 1.165) is 34.1 Å². The number of amides is 1. The van der Waals surface area contributed by atoms with Gasteiger partial charge in [-0.15, -0.1) is 15.7 Å². The van der Waals surface area contributed by atoms with Crippen molar-refractivity contribution >= 4 is 27.2 Å². The molecule has 31 heavy (non-hydrogen) atoms. The zero-order valence-corrected chi connectivity index (χ0v) is 20.2. The van der Waals surface area contributed by atoms with E-state index < -0.39 is 27.2 Å². The van der Waals surface area contributed by atoms with Crippen molar-refractivity contribution in [3.05, 3.63) is 51.1 Å². The average Bonchev–Trinajstić information content (AvgIpc) is 3.04. The number of hydrogen-bond donors (Lipinski definition) is 2. The van der Waals surface area contributed by atoms with Crippen LogP contribution in [0.15, 0.2) is 26.8 Å². The van der Waals surface area contributed by atoms with Crippen LogP contribution < -0.4 is 5.14 Å². The molecule has 0 aliphatic carbocycles. The van der Waals surface area contributed by atoms with Gasteiger partial charge >= 0.3 is 0 Å². The molecule has 0 spiro atoms. The molecule has 0 fully saturated rings. The molecule has 6 nitrogen and oxygen atoms in total. The van der Waals surface area contributed by atoms with Crippen LogP contribution in [0.4, 0.5) is 4.39 Å². The first-order chi connectivity index (χ1) is 14.2. The molecular weight excluding hydrogens is 437 g/mol. The monoisotopic (exact) mass is 465 g/mol. The van der Waals surface area contributed by atoms with Crippen LogP contribution >= 0.6 is 11.3 Å². The number of aliphatic hydroxyl groups is 1. The summed E-state index contributed by atoms with van der Waals surface area (Å²) in [6.07, 6.45) is -0.160. The van der Waals surface area contributed by atoms with Gasteiger partial charge in [-0.1, -0.05) is 27.7 Å². The highest BCUT2D eigenvalue weighted by atomic mass is 32.2. The molecule has 3 N–H and O–H groups in total. The first kappa shape index (κ1) is 25.1. The summed E-state index contributed by atoms with van der Waals surface area (Å²) in [6, 6.07) is 6.69. The van der Waals surface area contributed by atoms with E-state index in [9.17, 15) is 23.8 Å². The molecule has 1 amide bonds. The highest BCUT2D eigenvalue weighted by molar-refractivity contribution is 7.93. The summed E-state index contributed by atoms with van der Waals surface area (Å²) in [5, 5.41) is 25.2. The first-order valence-electron chi connectivity index (χ1n) is 9.84. The number of rotatable bonds is 6. The van der Waals surface area contributed by atoms with Gasteiger partial charge < -0.3 is 5.11 Å². The van der Waals surface area contributed by atoms with E-state index in [2.05, 4.69) is 10.4 Å². The van der Waals surface area contributed by atoms with Crippen molar-refractivity contribution in [2.24, 2.45) is 9.50 Å². The number of nitrogens with two attached hydrogens (primary N) is 1. The van der Waals surface area contributed by atoms with E-state index in [4.69, 9.17) is 5.14 Å². The van der Waals surface area contributed by atoms with Crippen LogP contribution in [0.1, 0.15) is 80.5 Å². The minimum Gasteiger partial charge on any atom is -0.385 e. The number of carbonyl (C=O) groups excluding carboxylic acids is 1. The van der Waals surface area contributed by atoms with E-state index in [-0.39, 0.29) is 27.3 Å². The molecule has 1 heterocycles. The molecular formula is C22H28FN3O3S2. The van der Waals surface area contributed by atoms with Crippen LogP contribution in [-0.4, -0.2) is 15.2 Å². The predicted molar refractivity (Wildman–Crippen MR) is 121 cm³/mol. The number of nitriles is 1. The molecule has 1 aromatic heterocycles. The number of thiophene rings is 1. The van der Waals surface area contributed by atoms with Gasteiger partial charge in [-0.2, -0.15) is 5.26 Å². The molecule has 0 bridgehead atoms. The fourth-order valence-electron chi connectivity index (χ4n) is 3.25. The summed E-state index contributed by atoms with van der Waals surface area (Å²) in [7, 11) is -3.82. The van der Waals surface area contributed by atoms with Crippen LogP contribution in [0.5, 0.6) is 0 Å². The van der Waals surface area contributed by atoms with Gasteiger partial charge in [-0.25, -0.2) is 13.7 Å². The Bertz CT molecular complexity index is 1130. The second kappa shape index (κ2) is 9.17. The van der Waals surface area contributed by atoms with Gasteiger partial charge in [0.2, 0.25) is 0 Å². The van der Waals surface area contributed by atoms with E-state index >= 15 is 0 Å². The minimum atomic E-state index is -3.82. The Balaban J connectivity index is 2.53.